The maximum Gasteiger partial charge on any atom is 0.300 e. The van der Waals surface area contributed by atoms with Crippen LogP contribution in [0.25, 0.3) is 16.7 Å². The largest absolute Gasteiger partial charge is 0.507 e. The lowest BCUT2D eigenvalue weighted by molar-refractivity contribution is -0.132. The summed E-state index contributed by atoms with van der Waals surface area (Å²) in [4.78, 5) is 31.5. The van der Waals surface area contributed by atoms with Crippen molar-refractivity contribution in [2.75, 3.05) is 11.5 Å². The maximum atomic E-state index is 13.4. The summed E-state index contributed by atoms with van der Waals surface area (Å²) in [6, 6.07) is 19.6. The summed E-state index contributed by atoms with van der Waals surface area (Å²) in [5.74, 6) is -0.894. The van der Waals surface area contributed by atoms with Gasteiger partial charge in [0.15, 0.2) is 0 Å². The highest BCUT2D eigenvalue weighted by Gasteiger charge is 2.47. The smallest absolute Gasteiger partial charge is 0.300 e. The number of aromatic amines is 1. The molecule has 3 aromatic carbocycles. The maximum absolute atomic E-state index is 13.4. The Kier molecular flexibility index (Phi) is 5.65. The van der Waals surface area contributed by atoms with Crippen molar-refractivity contribution in [1.29, 1.82) is 0 Å². The van der Waals surface area contributed by atoms with Crippen molar-refractivity contribution < 1.29 is 19.4 Å². The highest BCUT2D eigenvalue weighted by atomic mass is 16.5. The van der Waals surface area contributed by atoms with Crippen LogP contribution in [0.5, 0.6) is 5.75 Å². The molecule has 2 heterocycles. The summed E-state index contributed by atoms with van der Waals surface area (Å²) in [5, 5.41) is 12.3. The number of amides is 1. The fourth-order valence-electron chi connectivity index (χ4n) is 4.69. The Morgan fingerprint density at radius 1 is 1.03 bits per heavy atom. The molecule has 4 aromatic rings. The predicted octanol–water partition coefficient (Wildman–Crippen LogP) is 5.81. The number of Topliss-reactive ketones (excluding diaryl/α,β-unsaturated/α-hetero) is 1. The highest BCUT2D eigenvalue weighted by Crippen LogP contribution is 2.44. The highest BCUT2D eigenvalue weighted by molar-refractivity contribution is 6.51. The van der Waals surface area contributed by atoms with E-state index in [1.165, 1.54) is 4.90 Å². The lowest BCUT2D eigenvalue weighted by Gasteiger charge is -2.25. The number of aromatic nitrogens is 1. The number of rotatable bonds is 5. The van der Waals surface area contributed by atoms with Crippen molar-refractivity contribution in [3.63, 3.8) is 0 Å². The van der Waals surface area contributed by atoms with Crippen LogP contribution in [-0.2, 0) is 9.59 Å². The van der Waals surface area contributed by atoms with Crippen molar-refractivity contribution in [1.82, 2.24) is 4.98 Å². The van der Waals surface area contributed by atoms with Gasteiger partial charge in [0.1, 0.15) is 11.5 Å². The summed E-state index contributed by atoms with van der Waals surface area (Å²) in [6.45, 7) is 6.27. The number of carbonyl (C=O) groups excluding carboxylic acids is 2. The van der Waals surface area contributed by atoms with E-state index in [2.05, 4.69) is 4.98 Å². The number of carbonyl (C=O) groups is 2. The third-order valence-electron chi connectivity index (χ3n) is 6.42. The Hall–Kier alpha value is -4.32. The number of hydrogen-bond donors (Lipinski definition) is 2. The second-order valence-electron chi connectivity index (χ2n) is 8.71. The van der Waals surface area contributed by atoms with E-state index in [1.54, 1.807) is 24.4 Å². The number of ether oxygens (including phenoxy) is 1. The number of benzene rings is 3. The number of aliphatic hydroxyl groups excluding tert-OH is 1. The first-order valence-electron chi connectivity index (χ1n) is 11.6. The van der Waals surface area contributed by atoms with Gasteiger partial charge in [-0.3, -0.25) is 14.5 Å². The van der Waals surface area contributed by atoms with Crippen LogP contribution in [0.15, 0.2) is 78.5 Å². The number of anilines is 1. The van der Waals surface area contributed by atoms with E-state index in [9.17, 15) is 14.7 Å². The Bertz CT molecular complexity index is 1480. The van der Waals surface area contributed by atoms with Crippen LogP contribution in [0, 0.1) is 13.8 Å². The third-order valence-corrected chi connectivity index (χ3v) is 6.42. The van der Waals surface area contributed by atoms with Crippen LogP contribution < -0.4 is 9.64 Å². The molecule has 1 aliphatic heterocycles. The van der Waals surface area contributed by atoms with Crippen molar-refractivity contribution in [3.05, 3.63) is 101 Å². The first-order valence-corrected chi connectivity index (χ1v) is 11.6. The molecule has 35 heavy (non-hydrogen) atoms. The summed E-state index contributed by atoms with van der Waals surface area (Å²) in [5.41, 5.74) is 4.60. The van der Waals surface area contributed by atoms with E-state index in [4.69, 9.17) is 4.74 Å². The molecular formula is C29H26N2O4. The van der Waals surface area contributed by atoms with Gasteiger partial charge in [0, 0.05) is 33.9 Å². The lowest BCUT2D eigenvalue weighted by atomic mass is 9.94. The van der Waals surface area contributed by atoms with Gasteiger partial charge in [-0.2, -0.15) is 0 Å². The molecule has 0 spiro atoms. The number of para-hydroxylation sites is 1. The molecular weight excluding hydrogens is 440 g/mol. The number of nitrogens with zero attached hydrogens (tertiary/aromatic N) is 1. The molecule has 1 fully saturated rings. The SMILES string of the molecule is CCOc1ccc(/C(O)=C2\C(=O)C(=O)N(c3ccc(C)cc3)C2c2c[nH]c3ccccc23)cc1C. The minimum Gasteiger partial charge on any atom is -0.507 e. The van der Waals surface area contributed by atoms with E-state index >= 15 is 0 Å². The number of H-pyrrole nitrogens is 1. The van der Waals surface area contributed by atoms with Crippen molar-refractivity contribution in [3.8, 4) is 5.75 Å². The molecule has 0 bridgehead atoms. The van der Waals surface area contributed by atoms with E-state index in [-0.39, 0.29) is 11.3 Å². The molecule has 1 unspecified atom stereocenters. The fourth-order valence-corrected chi connectivity index (χ4v) is 4.69. The Morgan fingerprint density at radius 2 is 1.77 bits per heavy atom. The number of aliphatic hydroxyl groups is 1. The second-order valence-corrected chi connectivity index (χ2v) is 8.71. The minimum absolute atomic E-state index is 0.0592. The van der Waals surface area contributed by atoms with Crippen molar-refractivity contribution in [2.45, 2.75) is 26.8 Å². The molecule has 176 valence electrons. The number of hydrogen-bond acceptors (Lipinski definition) is 4. The van der Waals surface area contributed by atoms with Gasteiger partial charge in [0.25, 0.3) is 11.7 Å². The Labute approximate surface area is 203 Å². The molecule has 0 radical (unpaired) electrons. The van der Waals surface area contributed by atoms with Crippen molar-refractivity contribution >= 4 is 34.0 Å². The van der Waals surface area contributed by atoms with Gasteiger partial charge in [-0.1, -0.05) is 35.9 Å². The Balaban J connectivity index is 1.74. The standard InChI is InChI=1S/C29H26N2O4/c1-4-35-24-14-11-19(15-18(24)3)27(32)25-26(22-16-30-23-8-6-5-7-21(22)23)31(29(34)28(25)33)20-12-9-17(2)10-13-20/h5-16,26,30,32H,4H2,1-3H3/b27-25+. The lowest BCUT2D eigenvalue weighted by Crippen LogP contribution is -2.29. The van der Waals surface area contributed by atoms with Crippen LogP contribution in [0.3, 0.4) is 0 Å². The molecule has 0 aliphatic carbocycles. The predicted molar refractivity (Wildman–Crippen MR) is 137 cm³/mol. The molecule has 1 aliphatic rings. The summed E-state index contributed by atoms with van der Waals surface area (Å²) < 4.78 is 5.62. The molecule has 5 rings (SSSR count). The van der Waals surface area contributed by atoms with Gasteiger partial charge in [-0.15, -0.1) is 0 Å². The van der Waals surface area contributed by atoms with Crippen LogP contribution in [-0.4, -0.2) is 28.4 Å². The summed E-state index contributed by atoms with van der Waals surface area (Å²) in [6.07, 6.45) is 1.80. The molecule has 1 aromatic heterocycles. The first-order chi connectivity index (χ1) is 16.9. The third kappa shape index (κ3) is 3.77. The molecule has 1 amide bonds. The zero-order valence-corrected chi connectivity index (χ0v) is 19.8. The monoisotopic (exact) mass is 466 g/mol. The van der Waals surface area contributed by atoms with E-state index in [0.29, 0.717) is 23.6 Å². The zero-order valence-electron chi connectivity index (χ0n) is 19.8. The zero-order chi connectivity index (χ0) is 24.7. The molecule has 1 atom stereocenters. The van der Waals surface area contributed by atoms with Gasteiger partial charge < -0.3 is 14.8 Å². The first kappa shape index (κ1) is 22.5. The van der Waals surface area contributed by atoms with E-state index < -0.39 is 17.7 Å². The molecule has 0 saturated carbocycles. The number of nitrogens with one attached hydrogen (secondary N) is 1. The number of fused-ring (bicyclic) bond motifs is 1. The number of ketones is 1. The van der Waals surface area contributed by atoms with E-state index in [0.717, 1.165) is 27.6 Å². The summed E-state index contributed by atoms with van der Waals surface area (Å²) in [7, 11) is 0. The van der Waals surface area contributed by atoms with Gasteiger partial charge in [0.2, 0.25) is 0 Å². The van der Waals surface area contributed by atoms with Gasteiger partial charge in [-0.25, -0.2) is 0 Å². The molecule has 2 N–H and O–H groups in total. The van der Waals surface area contributed by atoms with Crippen LogP contribution in [0.4, 0.5) is 5.69 Å². The average molecular weight is 467 g/mol. The second kappa shape index (κ2) is 8.80. The van der Waals surface area contributed by atoms with Gasteiger partial charge in [0.05, 0.1) is 18.2 Å². The van der Waals surface area contributed by atoms with Gasteiger partial charge in [-0.05, 0) is 62.7 Å². The quantitative estimate of drug-likeness (QED) is 0.221. The topological polar surface area (TPSA) is 82.6 Å². The van der Waals surface area contributed by atoms with Crippen molar-refractivity contribution in [2.24, 2.45) is 0 Å². The Morgan fingerprint density at radius 3 is 2.49 bits per heavy atom. The van der Waals surface area contributed by atoms with Gasteiger partial charge >= 0.3 is 0 Å². The fraction of sp³-hybridized carbons (Fsp3) is 0.172. The van der Waals surface area contributed by atoms with Crippen LogP contribution in [0.2, 0.25) is 0 Å². The normalized spacial score (nSPS) is 17.3. The van der Waals surface area contributed by atoms with E-state index in [1.807, 2.05) is 69.3 Å². The molecule has 6 heteroatoms. The minimum atomic E-state index is -0.791. The summed E-state index contributed by atoms with van der Waals surface area (Å²) >= 11 is 0. The van der Waals surface area contributed by atoms with Crippen LogP contribution >= 0.6 is 0 Å². The molecule has 1 saturated heterocycles. The molecule has 6 nitrogen and oxygen atoms in total. The van der Waals surface area contributed by atoms with Crippen LogP contribution in [0.1, 0.15) is 35.2 Å². The number of aryl methyl sites for hydroxylation is 2. The average Bonchev–Trinajstić information content (AvgIpc) is 3.39.